The highest BCUT2D eigenvalue weighted by atomic mass is 16.6. The molecule has 0 bridgehead atoms. The standard InChI is InChI=1S/C13H15N5O3/c1-21-8-9-4-2-3-5-10(9)15-13-11(18(19)20)6-7-12(16-13)17-14/h2-7H,8,14H2,1H3,(H2,15,16,17). The van der Waals surface area contributed by atoms with Crippen LogP contribution in [0, 0.1) is 10.1 Å². The number of anilines is 3. The Morgan fingerprint density at radius 2 is 2.10 bits per heavy atom. The van der Waals surface area contributed by atoms with Crippen molar-refractivity contribution in [2.24, 2.45) is 5.84 Å². The second-order valence-electron chi connectivity index (χ2n) is 4.18. The smallest absolute Gasteiger partial charge is 0.311 e. The van der Waals surface area contributed by atoms with Crippen molar-refractivity contribution in [3.63, 3.8) is 0 Å². The highest BCUT2D eigenvalue weighted by Gasteiger charge is 2.17. The predicted octanol–water partition coefficient (Wildman–Crippen LogP) is 2.17. The van der Waals surface area contributed by atoms with Gasteiger partial charge in [0.05, 0.1) is 11.5 Å². The number of para-hydroxylation sites is 1. The molecule has 1 heterocycles. The molecule has 0 saturated heterocycles. The Labute approximate surface area is 121 Å². The molecule has 0 fully saturated rings. The summed E-state index contributed by atoms with van der Waals surface area (Å²) in [5, 5.41) is 14.0. The summed E-state index contributed by atoms with van der Waals surface area (Å²) in [6.07, 6.45) is 0. The van der Waals surface area contributed by atoms with Gasteiger partial charge in [0, 0.05) is 24.4 Å². The van der Waals surface area contributed by atoms with Crippen LogP contribution in [0.2, 0.25) is 0 Å². The molecule has 8 nitrogen and oxygen atoms in total. The first-order valence-corrected chi connectivity index (χ1v) is 6.11. The third kappa shape index (κ3) is 3.44. The molecule has 0 spiro atoms. The van der Waals surface area contributed by atoms with E-state index in [0.29, 0.717) is 18.1 Å². The average Bonchev–Trinajstić information content (AvgIpc) is 2.49. The summed E-state index contributed by atoms with van der Waals surface area (Å²) in [6, 6.07) is 10.1. The van der Waals surface area contributed by atoms with Crippen molar-refractivity contribution in [3.8, 4) is 0 Å². The van der Waals surface area contributed by atoms with E-state index in [2.05, 4.69) is 15.7 Å². The minimum atomic E-state index is -0.505. The van der Waals surface area contributed by atoms with Gasteiger partial charge in [0.2, 0.25) is 5.82 Å². The summed E-state index contributed by atoms with van der Waals surface area (Å²) < 4.78 is 5.10. The summed E-state index contributed by atoms with van der Waals surface area (Å²) in [5.41, 5.74) is 3.77. The second-order valence-corrected chi connectivity index (χ2v) is 4.18. The zero-order chi connectivity index (χ0) is 15.2. The van der Waals surface area contributed by atoms with Gasteiger partial charge >= 0.3 is 5.69 Å². The van der Waals surface area contributed by atoms with E-state index in [1.807, 2.05) is 18.2 Å². The number of nitrogens with two attached hydrogens (primary N) is 1. The number of nitrogens with one attached hydrogen (secondary N) is 2. The van der Waals surface area contributed by atoms with Gasteiger partial charge in [0.1, 0.15) is 5.82 Å². The molecule has 110 valence electrons. The number of ether oxygens (including phenoxy) is 1. The van der Waals surface area contributed by atoms with Gasteiger partial charge in [-0.2, -0.15) is 0 Å². The first kappa shape index (κ1) is 14.7. The van der Waals surface area contributed by atoms with Crippen molar-refractivity contribution in [1.82, 2.24) is 4.98 Å². The van der Waals surface area contributed by atoms with Crippen molar-refractivity contribution in [2.45, 2.75) is 6.61 Å². The number of hydrogen-bond donors (Lipinski definition) is 3. The van der Waals surface area contributed by atoms with Crippen LogP contribution < -0.4 is 16.6 Å². The molecular formula is C13H15N5O3. The van der Waals surface area contributed by atoms with Crippen LogP contribution in [0.1, 0.15) is 5.56 Å². The lowest BCUT2D eigenvalue weighted by molar-refractivity contribution is -0.384. The average molecular weight is 289 g/mol. The minimum Gasteiger partial charge on any atom is -0.380 e. The fourth-order valence-electron chi connectivity index (χ4n) is 1.82. The Hall–Kier alpha value is -2.71. The Bertz CT molecular complexity index is 647. The summed E-state index contributed by atoms with van der Waals surface area (Å²) >= 11 is 0. The van der Waals surface area contributed by atoms with Crippen molar-refractivity contribution in [3.05, 3.63) is 52.1 Å². The molecule has 2 rings (SSSR count). The van der Waals surface area contributed by atoms with Gasteiger partial charge in [-0.3, -0.25) is 10.1 Å². The molecule has 4 N–H and O–H groups in total. The van der Waals surface area contributed by atoms with Gasteiger partial charge < -0.3 is 15.5 Å². The normalized spacial score (nSPS) is 10.2. The van der Waals surface area contributed by atoms with Crippen LogP contribution in [0.25, 0.3) is 0 Å². The third-order valence-corrected chi connectivity index (χ3v) is 2.79. The van der Waals surface area contributed by atoms with Gasteiger partial charge in [-0.15, -0.1) is 0 Å². The zero-order valence-corrected chi connectivity index (χ0v) is 11.4. The maximum Gasteiger partial charge on any atom is 0.311 e. The molecular weight excluding hydrogens is 274 g/mol. The fraction of sp³-hybridized carbons (Fsp3) is 0.154. The second kappa shape index (κ2) is 6.64. The highest BCUT2D eigenvalue weighted by molar-refractivity contribution is 5.69. The van der Waals surface area contributed by atoms with Gasteiger partial charge in [0.25, 0.3) is 0 Å². The Morgan fingerprint density at radius 3 is 2.76 bits per heavy atom. The lowest BCUT2D eigenvalue weighted by Gasteiger charge is -2.11. The van der Waals surface area contributed by atoms with Gasteiger partial charge in [-0.25, -0.2) is 10.8 Å². The van der Waals surface area contributed by atoms with Gasteiger partial charge in [0.15, 0.2) is 0 Å². The molecule has 0 saturated carbocycles. The molecule has 0 aliphatic rings. The molecule has 0 radical (unpaired) electrons. The Morgan fingerprint density at radius 1 is 1.33 bits per heavy atom. The molecule has 2 aromatic rings. The van der Waals surface area contributed by atoms with E-state index in [9.17, 15) is 10.1 Å². The Balaban J connectivity index is 2.40. The first-order valence-electron chi connectivity index (χ1n) is 6.11. The topological polar surface area (TPSA) is 115 Å². The zero-order valence-electron chi connectivity index (χ0n) is 11.4. The molecule has 1 aromatic carbocycles. The van der Waals surface area contributed by atoms with Crippen molar-refractivity contribution in [2.75, 3.05) is 17.9 Å². The molecule has 0 aliphatic heterocycles. The highest BCUT2D eigenvalue weighted by Crippen LogP contribution is 2.28. The van der Waals surface area contributed by atoms with Crippen LogP contribution in [0.15, 0.2) is 36.4 Å². The van der Waals surface area contributed by atoms with Crippen molar-refractivity contribution >= 4 is 23.0 Å². The molecule has 0 unspecified atom stereocenters. The maximum absolute atomic E-state index is 11.1. The predicted molar refractivity (Wildman–Crippen MR) is 79.1 cm³/mol. The molecule has 0 atom stereocenters. The number of nitro groups is 1. The SMILES string of the molecule is COCc1ccccc1Nc1nc(NN)ccc1[N+](=O)[O-]. The number of methoxy groups -OCH3 is 1. The lowest BCUT2D eigenvalue weighted by atomic mass is 10.2. The molecule has 21 heavy (non-hydrogen) atoms. The van der Waals surface area contributed by atoms with Crippen LogP contribution in [-0.2, 0) is 11.3 Å². The number of aromatic nitrogens is 1. The van der Waals surface area contributed by atoms with Gasteiger partial charge in [-0.1, -0.05) is 18.2 Å². The number of benzene rings is 1. The van der Waals surface area contributed by atoms with Crippen LogP contribution in [0.4, 0.5) is 23.0 Å². The van der Waals surface area contributed by atoms with Crippen molar-refractivity contribution < 1.29 is 9.66 Å². The van der Waals surface area contributed by atoms with Gasteiger partial charge in [-0.05, 0) is 12.1 Å². The van der Waals surface area contributed by atoms with E-state index in [1.165, 1.54) is 12.1 Å². The number of hydrazine groups is 1. The van der Waals surface area contributed by atoms with E-state index in [0.717, 1.165) is 5.56 Å². The number of nitrogens with zero attached hydrogens (tertiary/aromatic N) is 2. The molecule has 0 amide bonds. The lowest BCUT2D eigenvalue weighted by Crippen LogP contribution is -2.10. The van der Waals surface area contributed by atoms with E-state index >= 15 is 0 Å². The van der Waals surface area contributed by atoms with E-state index in [-0.39, 0.29) is 11.5 Å². The van der Waals surface area contributed by atoms with Crippen LogP contribution in [0.5, 0.6) is 0 Å². The van der Waals surface area contributed by atoms with Crippen LogP contribution in [-0.4, -0.2) is 17.0 Å². The largest absolute Gasteiger partial charge is 0.380 e. The summed E-state index contributed by atoms with van der Waals surface area (Å²) in [5.74, 6) is 5.72. The summed E-state index contributed by atoms with van der Waals surface area (Å²) in [4.78, 5) is 14.6. The quantitative estimate of drug-likeness (QED) is 0.424. The fourth-order valence-corrected chi connectivity index (χ4v) is 1.82. The maximum atomic E-state index is 11.1. The van der Waals surface area contributed by atoms with Crippen LogP contribution in [0.3, 0.4) is 0 Å². The first-order chi connectivity index (χ1) is 10.2. The van der Waals surface area contributed by atoms with E-state index in [1.54, 1.807) is 13.2 Å². The van der Waals surface area contributed by atoms with Crippen molar-refractivity contribution in [1.29, 1.82) is 0 Å². The third-order valence-electron chi connectivity index (χ3n) is 2.79. The summed E-state index contributed by atoms with van der Waals surface area (Å²) in [6.45, 7) is 0.381. The number of pyridine rings is 1. The molecule has 1 aromatic heterocycles. The molecule has 8 heteroatoms. The summed E-state index contributed by atoms with van der Waals surface area (Å²) in [7, 11) is 1.58. The number of hydrogen-bond acceptors (Lipinski definition) is 7. The Kier molecular flexibility index (Phi) is 4.64. The number of rotatable bonds is 6. The number of nitrogen functional groups attached to an aromatic ring is 1. The van der Waals surface area contributed by atoms with E-state index < -0.39 is 4.92 Å². The van der Waals surface area contributed by atoms with E-state index in [4.69, 9.17) is 10.6 Å². The minimum absolute atomic E-state index is 0.110. The monoisotopic (exact) mass is 289 g/mol. The molecule has 0 aliphatic carbocycles. The van der Waals surface area contributed by atoms with Crippen LogP contribution >= 0.6 is 0 Å².